The van der Waals surface area contributed by atoms with Crippen molar-refractivity contribution in [1.82, 2.24) is 0 Å². The van der Waals surface area contributed by atoms with Crippen LogP contribution in [0.15, 0.2) is 22.7 Å². The first kappa shape index (κ1) is 15.5. The summed E-state index contributed by atoms with van der Waals surface area (Å²) in [6, 6.07) is 6.38. The van der Waals surface area contributed by atoms with E-state index >= 15 is 0 Å². The molecular formula is C15H24BrNO. The Morgan fingerprint density at radius 3 is 2.39 bits per heavy atom. The van der Waals surface area contributed by atoms with Gasteiger partial charge < -0.3 is 10.5 Å². The molecule has 2 N–H and O–H groups in total. The summed E-state index contributed by atoms with van der Waals surface area (Å²) >= 11 is 3.51. The summed E-state index contributed by atoms with van der Waals surface area (Å²) in [5, 5.41) is 0. The summed E-state index contributed by atoms with van der Waals surface area (Å²) in [4.78, 5) is 0. The summed E-state index contributed by atoms with van der Waals surface area (Å²) < 4.78 is 7.15. The first-order valence-corrected chi connectivity index (χ1v) is 7.60. The van der Waals surface area contributed by atoms with E-state index in [0.29, 0.717) is 6.10 Å². The molecule has 0 saturated carbocycles. The highest BCUT2D eigenvalue weighted by atomic mass is 79.9. The van der Waals surface area contributed by atoms with Crippen LogP contribution in [0.5, 0.6) is 5.75 Å². The molecule has 0 saturated heterocycles. The van der Waals surface area contributed by atoms with Gasteiger partial charge in [-0.25, -0.2) is 0 Å². The maximum atomic E-state index is 6.07. The van der Waals surface area contributed by atoms with Crippen LogP contribution >= 0.6 is 15.9 Å². The molecule has 1 unspecified atom stereocenters. The molecule has 3 heteroatoms. The van der Waals surface area contributed by atoms with Crippen LogP contribution in [0.1, 0.15) is 45.6 Å². The van der Waals surface area contributed by atoms with Gasteiger partial charge >= 0.3 is 0 Å². The van der Waals surface area contributed by atoms with Crippen molar-refractivity contribution in [3.8, 4) is 5.75 Å². The topological polar surface area (TPSA) is 35.2 Å². The summed E-state index contributed by atoms with van der Waals surface area (Å²) in [5.41, 5.74) is 7.25. The minimum Gasteiger partial charge on any atom is -0.490 e. The van der Waals surface area contributed by atoms with Gasteiger partial charge in [-0.05, 0) is 49.4 Å². The van der Waals surface area contributed by atoms with Crippen LogP contribution in [0.3, 0.4) is 0 Å². The standard InChI is InChI=1S/C15H24BrNO/c1-4-13(17)10-11-9-12(16)7-8-15(11)18-14(5-2)6-3/h7-9,13-14H,4-6,10,17H2,1-3H3. The number of halogens is 1. The van der Waals surface area contributed by atoms with Gasteiger partial charge in [0.15, 0.2) is 0 Å². The highest BCUT2D eigenvalue weighted by Gasteiger charge is 2.12. The van der Waals surface area contributed by atoms with E-state index in [2.05, 4.69) is 42.8 Å². The average molecular weight is 314 g/mol. The van der Waals surface area contributed by atoms with Crippen molar-refractivity contribution in [2.75, 3.05) is 0 Å². The second-order valence-corrected chi connectivity index (χ2v) is 5.60. The molecule has 1 aromatic carbocycles. The first-order valence-electron chi connectivity index (χ1n) is 6.81. The maximum Gasteiger partial charge on any atom is 0.123 e. The third-order valence-electron chi connectivity index (χ3n) is 3.23. The number of hydrogen-bond donors (Lipinski definition) is 1. The second-order valence-electron chi connectivity index (χ2n) is 4.68. The van der Waals surface area contributed by atoms with E-state index in [1.807, 2.05) is 12.1 Å². The molecular weight excluding hydrogens is 290 g/mol. The minimum atomic E-state index is 0.198. The molecule has 0 aliphatic heterocycles. The van der Waals surface area contributed by atoms with Crippen LogP contribution in [0.2, 0.25) is 0 Å². The third kappa shape index (κ3) is 4.62. The molecule has 0 fully saturated rings. The lowest BCUT2D eigenvalue weighted by atomic mass is 10.0. The van der Waals surface area contributed by atoms with Crippen molar-refractivity contribution in [3.63, 3.8) is 0 Å². The Morgan fingerprint density at radius 2 is 1.83 bits per heavy atom. The Labute approximate surface area is 119 Å². The Morgan fingerprint density at radius 1 is 1.17 bits per heavy atom. The largest absolute Gasteiger partial charge is 0.490 e. The van der Waals surface area contributed by atoms with E-state index in [0.717, 1.165) is 35.9 Å². The molecule has 1 aromatic rings. The highest BCUT2D eigenvalue weighted by Crippen LogP contribution is 2.26. The van der Waals surface area contributed by atoms with Crippen molar-refractivity contribution >= 4 is 15.9 Å². The van der Waals surface area contributed by atoms with E-state index < -0.39 is 0 Å². The fourth-order valence-electron chi connectivity index (χ4n) is 1.88. The Bertz CT molecular complexity index is 364. The number of nitrogens with two attached hydrogens (primary N) is 1. The molecule has 102 valence electrons. The van der Waals surface area contributed by atoms with Crippen molar-refractivity contribution < 1.29 is 4.74 Å². The smallest absolute Gasteiger partial charge is 0.123 e. The lowest BCUT2D eigenvalue weighted by Crippen LogP contribution is -2.22. The molecule has 0 radical (unpaired) electrons. The Balaban J connectivity index is 2.88. The van der Waals surface area contributed by atoms with E-state index in [4.69, 9.17) is 10.5 Å². The number of rotatable bonds is 7. The van der Waals surface area contributed by atoms with E-state index in [-0.39, 0.29) is 6.04 Å². The SMILES string of the molecule is CCC(N)Cc1cc(Br)ccc1OC(CC)CC. The lowest BCUT2D eigenvalue weighted by Gasteiger charge is -2.20. The fourth-order valence-corrected chi connectivity index (χ4v) is 2.29. The zero-order chi connectivity index (χ0) is 13.5. The van der Waals surface area contributed by atoms with Crippen LogP contribution in [0, 0.1) is 0 Å². The fraction of sp³-hybridized carbons (Fsp3) is 0.600. The van der Waals surface area contributed by atoms with Crippen LogP contribution in [0.4, 0.5) is 0 Å². The van der Waals surface area contributed by atoms with Gasteiger partial charge in [-0.15, -0.1) is 0 Å². The van der Waals surface area contributed by atoms with Gasteiger partial charge in [-0.2, -0.15) is 0 Å². The van der Waals surface area contributed by atoms with Crippen LogP contribution in [0.25, 0.3) is 0 Å². The normalized spacial score (nSPS) is 12.8. The van der Waals surface area contributed by atoms with Gasteiger partial charge in [0.25, 0.3) is 0 Å². The molecule has 2 nitrogen and oxygen atoms in total. The first-order chi connectivity index (χ1) is 8.60. The van der Waals surface area contributed by atoms with Crippen LogP contribution in [-0.4, -0.2) is 12.1 Å². The van der Waals surface area contributed by atoms with Crippen molar-refractivity contribution in [2.24, 2.45) is 5.73 Å². The van der Waals surface area contributed by atoms with E-state index in [9.17, 15) is 0 Å². The maximum absolute atomic E-state index is 6.07. The second kappa shape index (κ2) is 7.80. The predicted molar refractivity (Wildman–Crippen MR) is 81.1 cm³/mol. The molecule has 0 aliphatic rings. The van der Waals surface area contributed by atoms with Crippen molar-refractivity contribution in [2.45, 2.75) is 58.6 Å². The molecule has 0 amide bonds. The summed E-state index contributed by atoms with van der Waals surface area (Å²) in [7, 11) is 0. The lowest BCUT2D eigenvalue weighted by molar-refractivity contribution is 0.190. The van der Waals surface area contributed by atoms with Gasteiger partial charge in [0.2, 0.25) is 0 Å². The van der Waals surface area contributed by atoms with Gasteiger partial charge in [-0.3, -0.25) is 0 Å². The third-order valence-corrected chi connectivity index (χ3v) is 3.73. The molecule has 0 spiro atoms. The zero-order valence-electron chi connectivity index (χ0n) is 11.6. The molecule has 0 aliphatic carbocycles. The zero-order valence-corrected chi connectivity index (χ0v) is 13.2. The van der Waals surface area contributed by atoms with Gasteiger partial charge in [0, 0.05) is 10.5 Å². The Hall–Kier alpha value is -0.540. The summed E-state index contributed by atoms with van der Waals surface area (Å²) in [6.45, 7) is 6.43. The highest BCUT2D eigenvalue weighted by molar-refractivity contribution is 9.10. The van der Waals surface area contributed by atoms with E-state index in [1.165, 1.54) is 5.56 Å². The molecule has 0 bridgehead atoms. The molecule has 18 heavy (non-hydrogen) atoms. The summed E-state index contributed by atoms with van der Waals surface area (Å²) in [6.07, 6.45) is 4.21. The van der Waals surface area contributed by atoms with Crippen molar-refractivity contribution in [1.29, 1.82) is 0 Å². The quantitative estimate of drug-likeness (QED) is 0.814. The van der Waals surface area contributed by atoms with Gasteiger partial charge in [-0.1, -0.05) is 36.7 Å². The summed E-state index contributed by atoms with van der Waals surface area (Å²) in [5.74, 6) is 0.982. The van der Waals surface area contributed by atoms with Crippen molar-refractivity contribution in [3.05, 3.63) is 28.2 Å². The van der Waals surface area contributed by atoms with Gasteiger partial charge in [0.1, 0.15) is 5.75 Å². The monoisotopic (exact) mass is 313 g/mol. The number of benzene rings is 1. The molecule has 1 atom stereocenters. The molecule has 0 aromatic heterocycles. The average Bonchev–Trinajstić information content (AvgIpc) is 2.38. The predicted octanol–water partition coefficient (Wildman–Crippen LogP) is 4.30. The number of ether oxygens (including phenoxy) is 1. The minimum absolute atomic E-state index is 0.198. The molecule has 1 rings (SSSR count). The van der Waals surface area contributed by atoms with E-state index in [1.54, 1.807) is 0 Å². The molecule has 0 heterocycles. The van der Waals surface area contributed by atoms with Crippen LogP contribution < -0.4 is 10.5 Å². The van der Waals surface area contributed by atoms with Crippen LogP contribution in [-0.2, 0) is 6.42 Å². The van der Waals surface area contributed by atoms with Gasteiger partial charge in [0.05, 0.1) is 6.10 Å². The Kier molecular flexibility index (Phi) is 6.72. The number of hydrogen-bond acceptors (Lipinski definition) is 2.